The van der Waals surface area contributed by atoms with Gasteiger partial charge in [0.2, 0.25) is 5.82 Å². The number of aromatic nitrogens is 8. The Hall–Kier alpha value is -4.08. The lowest BCUT2D eigenvalue weighted by Gasteiger charge is -2.15. The van der Waals surface area contributed by atoms with Crippen LogP contribution in [-0.4, -0.2) is 40.4 Å². The van der Waals surface area contributed by atoms with Gasteiger partial charge >= 0.3 is 0 Å². The van der Waals surface area contributed by atoms with Crippen LogP contribution in [-0.2, 0) is 13.0 Å². The zero-order valence-electron chi connectivity index (χ0n) is 17.8. The summed E-state index contributed by atoms with van der Waals surface area (Å²) in [4.78, 5) is 4.38. The number of benzene rings is 2. The number of nitrogens with one attached hydrogen (secondary N) is 1. The van der Waals surface area contributed by atoms with Gasteiger partial charge in [-0.3, -0.25) is 0 Å². The van der Waals surface area contributed by atoms with E-state index in [1.165, 1.54) is 0 Å². The van der Waals surface area contributed by atoms with Crippen molar-refractivity contribution in [1.82, 2.24) is 40.4 Å². The van der Waals surface area contributed by atoms with Gasteiger partial charge in [0.25, 0.3) is 11.9 Å². The fourth-order valence-corrected chi connectivity index (χ4v) is 4.01. The molecule has 0 saturated heterocycles. The van der Waals surface area contributed by atoms with E-state index in [1.54, 1.807) is 4.57 Å². The molecular formula is C23H20F2N8. The topological polar surface area (TPSA) is 98.1 Å². The highest BCUT2D eigenvalue weighted by Gasteiger charge is 2.21. The molecule has 0 bridgehead atoms. The van der Waals surface area contributed by atoms with Crippen molar-refractivity contribution in [3.05, 3.63) is 71.8 Å². The quantitative estimate of drug-likeness (QED) is 0.399. The van der Waals surface area contributed by atoms with Crippen LogP contribution in [0.5, 0.6) is 0 Å². The maximum Gasteiger partial charge on any atom is 0.261 e. The van der Waals surface area contributed by atoms with Crippen LogP contribution in [0.15, 0.2) is 48.5 Å². The van der Waals surface area contributed by atoms with E-state index in [9.17, 15) is 8.78 Å². The van der Waals surface area contributed by atoms with E-state index in [0.717, 1.165) is 35.1 Å². The number of nitrogens with zero attached hydrogens (tertiary/aromatic N) is 7. The number of rotatable bonds is 7. The summed E-state index contributed by atoms with van der Waals surface area (Å²) in [6.07, 6.45) is 2.36. The SMILES string of the molecule is CCCCc1nc2c(F)nnc(F)c2n1Cc1ccccc1-c1ccccc1-c1nn[nH]n1. The number of halogens is 2. The molecule has 0 saturated carbocycles. The number of H-pyrrole nitrogens is 1. The molecule has 0 radical (unpaired) electrons. The van der Waals surface area contributed by atoms with E-state index in [0.29, 0.717) is 18.1 Å². The number of tetrazole rings is 1. The van der Waals surface area contributed by atoms with E-state index in [1.807, 2.05) is 48.5 Å². The molecule has 0 atom stereocenters. The van der Waals surface area contributed by atoms with Gasteiger partial charge in [0.15, 0.2) is 5.52 Å². The predicted octanol–water partition coefficient (Wildman–Crippen LogP) is 4.34. The van der Waals surface area contributed by atoms with Crippen LogP contribution < -0.4 is 0 Å². The van der Waals surface area contributed by atoms with E-state index < -0.39 is 11.9 Å². The second-order valence-corrected chi connectivity index (χ2v) is 7.63. The summed E-state index contributed by atoms with van der Waals surface area (Å²) in [7, 11) is 0. The zero-order valence-corrected chi connectivity index (χ0v) is 17.8. The average Bonchev–Trinajstić information content (AvgIpc) is 3.50. The lowest BCUT2D eigenvalue weighted by Crippen LogP contribution is -2.08. The van der Waals surface area contributed by atoms with Gasteiger partial charge in [0, 0.05) is 12.0 Å². The smallest absolute Gasteiger partial charge is 0.261 e. The Labute approximate surface area is 187 Å². The van der Waals surface area contributed by atoms with Gasteiger partial charge in [-0.05, 0) is 28.3 Å². The number of imidazole rings is 1. The molecule has 0 unspecified atom stereocenters. The number of unbranched alkanes of at least 4 members (excludes halogenated alkanes) is 1. The summed E-state index contributed by atoms with van der Waals surface area (Å²) >= 11 is 0. The van der Waals surface area contributed by atoms with E-state index in [2.05, 4.69) is 42.7 Å². The standard InChI is InChI=1S/C23H20F2N8/c1-2-3-12-18-26-19-20(22(25)28-27-21(19)24)33(18)13-14-8-4-5-9-15(14)16-10-6-7-11-17(16)23-29-31-32-30-23/h4-11H,2-3,12-13H2,1H3,(H,29,30,31,32). The highest BCUT2D eigenvalue weighted by Crippen LogP contribution is 2.33. The first-order chi connectivity index (χ1) is 16.2. The number of fused-ring (bicyclic) bond motifs is 1. The lowest BCUT2D eigenvalue weighted by molar-refractivity contribution is 0.519. The molecule has 0 aliphatic heterocycles. The maximum absolute atomic E-state index is 14.7. The van der Waals surface area contributed by atoms with Crippen molar-refractivity contribution in [1.29, 1.82) is 0 Å². The first-order valence-corrected chi connectivity index (χ1v) is 10.6. The van der Waals surface area contributed by atoms with Gasteiger partial charge in [-0.15, -0.1) is 20.4 Å². The second-order valence-electron chi connectivity index (χ2n) is 7.63. The van der Waals surface area contributed by atoms with Crippen molar-refractivity contribution >= 4 is 11.0 Å². The fraction of sp³-hybridized carbons (Fsp3) is 0.217. The summed E-state index contributed by atoms with van der Waals surface area (Å²) in [5, 5.41) is 21.0. The molecule has 8 nitrogen and oxygen atoms in total. The van der Waals surface area contributed by atoms with Gasteiger partial charge in [0.1, 0.15) is 11.3 Å². The number of aryl methyl sites for hydroxylation is 1. The summed E-state index contributed by atoms with van der Waals surface area (Å²) in [5.41, 5.74) is 3.46. The molecule has 1 N–H and O–H groups in total. The first kappa shape index (κ1) is 20.8. The molecule has 166 valence electrons. The highest BCUT2D eigenvalue weighted by atomic mass is 19.1. The van der Waals surface area contributed by atoms with Gasteiger partial charge in [-0.25, -0.2) is 4.98 Å². The van der Waals surface area contributed by atoms with Crippen LogP contribution in [0.25, 0.3) is 33.5 Å². The molecule has 3 aromatic heterocycles. The molecule has 10 heteroatoms. The monoisotopic (exact) mass is 446 g/mol. The van der Waals surface area contributed by atoms with Crippen molar-refractivity contribution in [2.24, 2.45) is 0 Å². The molecule has 5 rings (SSSR count). The predicted molar refractivity (Wildman–Crippen MR) is 118 cm³/mol. The van der Waals surface area contributed by atoms with Gasteiger partial charge in [-0.2, -0.15) is 14.0 Å². The molecule has 5 aromatic rings. The third-order valence-corrected chi connectivity index (χ3v) is 5.57. The normalized spacial score (nSPS) is 11.4. The van der Waals surface area contributed by atoms with Crippen molar-refractivity contribution < 1.29 is 8.78 Å². The van der Waals surface area contributed by atoms with Crippen molar-refractivity contribution in [2.45, 2.75) is 32.7 Å². The molecule has 33 heavy (non-hydrogen) atoms. The first-order valence-electron chi connectivity index (χ1n) is 10.6. The number of hydrogen-bond acceptors (Lipinski definition) is 6. The average molecular weight is 446 g/mol. The third-order valence-electron chi connectivity index (χ3n) is 5.57. The van der Waals surface area contributed by atoms with Crippen molar-refractivity contribution in [2.75, 3.05) is 0 Å². The summed E-state index contributed by atoms with van der Waals surface area (Å²) in [6.45, 7) is 2.34. The van der Waals surface area contributed by atoms with Crippen LogP contribution in [0, 0.1) is 11.9 Å². The Morgan fingerprint density at radius 3 is 2.36 bits per heavy atom. The molecule has 0 aliphatic carbocycles. The molecule has 3 heterocycles. The van der Waals surface area contributed by atoms with Crippen LogP contribution in [0.2, 0.25) is 0 Å². The third kappa shape index (κ3) is 3.84. The Balaban J connectivity index is 1.66. The van der Waals surface area contributed by atoms with E-state index >= 15 is 0 Å². The van der Waals surface area contributed by atoms with Crippen molar-refractivity contribution in [3.8, 4) is 22.5 Å². The molecule has 0 spiro atoms. The Morgan fingerprint density at radius 2 is 1.61 bits per heavy atom. The minimum absolute atomic E-state index is 0.0230. The maximum atomic E-state index is 14.7. The van der Waals surface area contributed by atoms with Crippen LogP contribution in [0.4, 0.5) is 8.78 Å². The fourth-order valence-electron chi connectivity index (χ4n) is 4.01. The number of hydrogen-bond donors (Lipinski definition) is 1. The number of aromatic amines is 1. The summed E-state index contributed by atoms with van der Waals surface area (Å²) < 4.78 is 30.7. The molecule has 2 aromatic carbocycles. The Morgan fingerprint density at radius 1 is 0.879 bits per heavy atom. The van der Waals surface area contributed by atoms with Crippen LogP contribution >= 0.6 is 0 Å². The van der Waals surface area contributed by atoms with Crippen molar-refractivity contribution in [3.63, 3.8) is 0 Å². The van der Waals surface area contributed by atoms with Gasteiger partial charge in [0.05, 0.1) is 6.54 Å². The molecule has 0 aliphatic rings. The minimum Gasteiger partial charge on any atom is -0.320 e. The summed E-state index contributed by atoms with van der Waals surface area (Å²) in [6, 6.07) is 15.5. The van der Waals surface area contributed by atoms with Gasteiger partial charge < -0.3 is 4.57 Å². The largest absolute Gasteiger partial charge is 0.320 e. The Kier molecular flexibility index (Phi) is 5.55. The molecule has 0 amide bonds. The Bertz CT molecular complexity index is 1410. The zero-order chi connectivity index (χ0) is 22.8. The van der Waals surface area contributed by atoms with Crippen LogP contribution in [0.3, 0.4) is 0 Å². The van der Waals surface area contributed by atoms with Gasteiger partial charge in [-0.1, -0.05) is 61.9 Å². The van der Waals surface area contributed by atoms with E-state index in [4.69, 9.17) is 0 Å². The van der Waals surface area contributed by atoms with Crippen LogP contribution in [0.1, 0.15) is 31.2 Å². The van der Waals surface area contributed by atoms with E-state index in [-0.39, 0.29) is 17.6 Å². The summed E-state index contributed by atoms with van der Waals surface area (Å²) in [5.74, 6) is -0.647. The minimum atomic E-state index is -0.876. The second kappa shape index (κ2) is 8.81. The highest BCUT2D eigenvalue weighted by molar-refractivity contribution is 5.82. The molecular weight excluding hydrogens is 426 g/mol. The lowest BCUT2D eigenvalue weighted by atomic mass is 9.95. The molecule has 0 fully saturated rings.